The monoisotopic (exact) mass is 489 g/mol. The first-order valence-corrected chi connectivity index (χ1v) is 12.9. The Labute approximate surface area is 204 Å². The minimum Gasteiger partial charge on any atom is -0.394 e. The maximum Gasteiger partial charge on any atom is 0.269 e. The van der Waals surface area contributed by atoms with Gasteiger partial charge in [0.2, 0.25) is 0 Å². The molecule has 0 saturated heterocycles. The summed E-state index contributed by atoms with van der Waals surface area (Å²) < 4.78 is 30.0. The van der Waals surface area contributed by atoms with E-state index in [0.717, 1.165) is 23.1 Å². The summed E-state index contributed by atoms with van der Waals surface area (Å²) in [6.07, 6.45) is 5.56. The predicted molar refractivity (Wildman–Crippen MR) is 136 cm³/mol. The van der Waals surface area contributed by atoms with Gasteiger partial charge in [-0.1, -0.05) is 55.0 Å². The van der Waals surface area contributed by atoms with Crippen LogP contribution in [0.3, 0.4) is 0 Å². The van der Waals surface area contributed by atoms with Crippen LogP contribution in [0.2, 0.25) is 0 Å². The third-order valence-corrected chi connectivity index (χ3v) is 7.99. The molecule has 0 radical (unpaired) electrons. The van der Waals surface area contributed by atoms with E-state index in [1.807, 2.05) is 48.9 Å². The number of rotatable bonds is 8. The highest BCUT2D eigenvalue weighted by atomic mass is 32.2. The van der Waals surface area contributed by atoms with Crippen LogP contribution in [0.5, 0.6) is 0 Å². The highest BCUT2D eigenvalue weighted by Gasteiger charge is 2.24. The molecular weight excluding hydrogens is 462 g/mol. The number of hydrogen-bond donors (Lipinski definition) is 1. The molecule has 0 aliphatic rings. The van der Waals surface area contributed by atoms with Crippen LogP contribution in [0.1, 0.15) is 24.5 Å². The molecule has 3 aromatic heterocycles. The van der Waals surface area contributed by atoms with E-state index < -0.39 is 10.0 Å². The van der Waals surface area contributed by atoms with Crippen LogP contribution < -0.4 is 5.01 Å². The summed E-state index contributed by atoms with van der Waals surface area (Å²) >= 11 is 0. The number of imidazole rings is 1. The van der Waals surface area contributed by atoms with Crippen LogP contribution in [0.4, 0.5) is 0 Å². The molecule has 5 rings (SSSR count). The van der Waals surface area contributed by atoms with E-state index in [1.165, 1.54) is 10.2 Å². The molecule has 180 valence electrons. The Morgan fingerprint density at radius 3 is 2.46 bits per heavy atom. The van der Waals surface area contributed by atoms with E-state index >= 15 is 0 Å². The molecule has 0 aliphatic carbocycles. The molecule has 8 nitrogen and oxygen atoms in total. The van der Waals surface area contributed by atoms with E-state index in [4.69, 9.17) is 0 Å². The fraction of sp³-hybridized carbons (Fsp3) is 0.231. The number of aromatic nitrogens is 4. The summed E-state index contributed by atoms with van der Waals surface area (Å²) in [5.41, 5.74) is 3.80. The summed E-state index contributed by atoms with van der Waals surface area (Å²) in [4.78, 5) is 9.20. The molecule has 0 bridgehead atoms. The summed E-state index contributed by atoms with van der Waals surface area (Å²) in [7, 11) is -3.83. The Balaban J connectivity index is 1.67. The van der Waals surface area contributed by atoms with Gasteiger partial charge in [0, 0.05) is 11.6 Å². The molecule has 0 spiro atoms. The average Bonchev–Trinajstić information content (AvgIpc) is 3.49. The van der Waals surface area contributed by atoms with Gasteiger partial charge < -0.3 is 10.1 Å². The summed E-state index contributed by atoms with van der Waals surface area (Å²) in [5.74, 6) is 0. The predicted octanol–water partition coefficient (Wildman–Crippen LogP) is 3.84. The first-order chi connectivity index (χ1) is 16.9. The number of benzene rings is 2. The average molecular weight is 490 g/mol. The van der Waals surface area contributed by atoms with Crippen molar-refractivity contribution in [2.24, 2.45) is 0 Å². The molecule has 9 heteroatoms. The smallest absolute Gasteiger partial charge is 0.269 e. The van der Waals surface area contributed by atoms with Crippen LogP contribution in [0, 0.1) is 6.92 Å². The van der Waals surface area contributed by atoms with Gasteiger partial charge in [-0.3, -0.25) is 0 Å². The van der Waals surface area contributed by atoms with E-state index in [1.54, 1.807) is 42.9 Å². The van der Waals surface area contributed by atoms with Crippen LogP contribution in [-0.2, 0) is 16.6 Å². The Hall–Kier alpha value is -3.69. The molecule has 0 unspecified atom stereocenters. The Morgan fingerprint density at radius 2 is 1.77 bits per heavy atom. The SMILES string of the molecule is CC[C@H](CO)N(Cc1ccccc1)n1cnc2cnc3c(ccn3S(=O)(=O)c3ccc(C)cc3)c21. The van der Waals surface area contributed by atoms with Gasteiger partial charge in [-0.05, 0) is 37.1 Å². The molecule has 0 fully saturated rings. The van der Waals surface area contributed by atoms with Crippen molar-refractivity contribution < 1.29 is 13.5 Å². The summed E-state index contributed by atoms with van der Waals surface area (Å²) in [6, 6.07) is 18.4. The number of pyridine rings is 1. The number of nitrogens with zero attached hydrogens (tertiary/aromatic N) is 5. The molecule has 1 N–H and O–H groups in total. The lowest BCUT2D eigenvalue weighted by Crippen LogP contribution is -2.44. The van der Waals surface area contributed by atoms with Gasteiger partial charge in [-0.2, -0.15) is 0 Å². The zero-order valence-corrected chi connectivity index (χ0v) is 20.4. The third-order valence-electron chi connectivity index (χ3n) is 6.31. The summed E-state index contributed by atoms with van der Waals surface area (Å²) in [6.45, 7) is 4.47. The van der Waals surface area contributed by atoms with Gasteiger partial charge in [0.25, 0.3) is 10.0 Å². The summed E-state index contributed by atoms with van der Waals surface area (Å²) in [5, 5.41) is 12.9. The molecule has 3 heterocycles. The van der Waals surface area contributed by atoms with Gasteiger partial charge in [0.15, 0.2) is 5.65 Å². The van der Waals surface area contributed by atoms with Crippen molar-refractivity contribution in [1.82, 2.24) is 18.6 Å². The highest BCUT2D eigenvalue weighted by molar-refractivity contribution is 7.90. The Morgan fingerprint density at radius 1 is 1.03 bits per heavy atom. The zero-order chi connectivity index (χ0) is 24.6. The van der Waals surface area contributed by atoms with Crippen molar-refractivity contribution in [3.63, 3.8) is 0 Å². The minimum atomic E-state index is -3.83. The number of fused-ring (bicyclic) bond motifs is 3. The van der Waals surface area contributed by atoms with Crippen LogP contribution in [0.15, 0.2) is 84.3 Å². The molecule has 2 aromatic carbocycles. The van der Waals surface area contributed by atoms with Gasteiger partial charge in [-0.25, -0.2) is 27.0 Å². The number of aliphatic hydroxyl groups excluding tert-OH is 1. The molecular formula is C26H27N5O3S. The van der Waals surface area contributed by atoms with Crippen molar-refractivity contribution in [2.45, 2.75) is 37.8 Å². The van der Waals surface area contributed by atoms with Crippen molar-refractivity contribution >= 4 is 32.1 Å². The molecule has 0 amide bonds. The largest absolute Gasteiger partial charge is 0.394 e. The molecule has 1 atom stereocenters. The standard InChI is InChI=1S/C26H27N5O3S/c1-3-21(17-32)29(16-20-7-5-4-6-8-20)30-18-28-24-15-27-26-23(25(24)30)13-14-31(26)35(33,34)22-11-9-19(2)10-12-22/h4-15,18,21,32H,3,16-17H2,1-2H3/t21-/m1/s1. The normalized spacial score (nSPS) is 12.9. The van der Waals surface area contributed by atoms with Gasteiger partial charge in [0.05, 0.1) is 30.3 Å². The lowest BCUT2D eigenvalue weighted by molar-refractivity contribution is 0.238. The topological polar surface area (TPSA) is 93.2 Å². The lowest BCUT2D eigenvalue weighted by Gasteiger charge is -2.33. The minimum absolute atomic E-state index is 0.0277. The number of aryl methyl sites for hydroxylation is 1. The van der Waals surface area contributed by atoms with E-state index in [0.29, 0.717) is 23.1 Å². The Kier molecular flexibility index (Phi) is 6.04. The molecule has 5 aromatic rings. The zero-order valence-electron chi connectivity index (χ0n) is 19.6. The van der Waals surface area contributed by atoms with Crippen molar-refractivity contribution in [1.29, 1.82) is 0 Å². The first kappa shape index (κ1) is 23.1. The van der Waals surface area contributed by atoms with Crippen LogP contribution in [-0.4, -0.2) is 44.8 Å². The fourth-order valence-electron chi connectivity index (χ4n) is 4.35. The van der Waals surface area contributed by atoms with Crippen LogP contribution in [0.25, 0.3) is 22.1 Å². The molecule has 35 heavy (non-hydrogen) atoms. The maximum absolute atomic E-state index is 13.4. The Bertz CT molecular complexity index is 1570. The first-order valence-electron chi connectivity index (χ1n) is 11.5. The fourth-order valence-corrected chi connectivity index (χ4v) is 5.65. The van der Waals surface area contributed by atoms with Gasteiger partial charge in [-0.15, -0.1) is 0 Å². The van der Waals surface area contributed by atoms with E-state index in [2.05, 4.69) is 15.0 Å². The maximum atomic E-state index is 13.4. The highest BCUT2D eigenvalue weighted by Crippen LogP contribution is 2.28. The van der Waals surface area contributed by atoms with Crippen LogP contribution >= 0.6 is 0 Å². The second-order valence-electron chi connectivity index (χ2n) is 8.58. The van der Waals surface area contributed by atoms with Gasteiger partial charge >= 0.3 is 0 Å². The second kappa shape index (κ2) is 9.16. The van der Waals surface area contributed by atoms with E-state index in [-0.39, 0.29) is 17.5 Å². The van der Waals surface area contributed by atoms with Crippen molar-refractivity contribution in [3.8, 4) is 0 Å². The van der Waals surface area contributed by atoms with E-state index in [9.17, 15) is 13.5 Å². The van der Waals surface area contributed by atoms with Crippen molar-refractivity contribution in [2.75, 3.05) is 11.6 Å². The number of aliphatic hydroxyl groups is 1. The number of hydrogen-bond acceptors (Lipinski definition) is 6. The quantitative estimate of drug-likeness (QED) is 0.356. The lowest BCUT2D eigenvalue weighted by atomic mass is 10.1. The van der Waals surface area contributed by atoms with Crippen molar-refractivity contribution in [3.05, 3.63) is 90.5 Å². The second-order valence-corrected chi connectivity index (χ2v) is 10.4. The third kappa shape index (κ3) is 4.06. The molecule has 0 saturated carbocycles. The van der Waals surface area contributed by atoms with Gasteiger partial charge in [0.1, 0.15) is 17.4 Å². The molecule has 0 aliphatic heterocycles.